The molecule has 3 atom stereocenters. The summed E-state index contributed by atoms with van der Waals surface area (Å²) >= 11 is 2.93. The molecule has 458 valence electrons. The third kappa shape index (κ3) is 13.6. The van der Waals surface area contributed by atoms with E-state index in [1.807, 2.05) is 96.2 Å². The van der Waals surface area contributed by atoms with Crippen LogP contribution in [0.15, 0.2) is 84.5 Å². The molecule has 22 heteroatoms. The Hall–Kier alpha value is -7.66. The van der Waals surface area contributed by atoms with Crippen molar-refractivity contribution in [2.24, 2.45) is 10.8 Å². The van der Waals surface area contributed by atoms with Gasteiger partial charge in [-0.3, -0.25) is 29.2 Å². The van der Waals surface area contributed by atoms with Crippen LogP contribution in [0.2, 0.25) is 0 Å². The van der Waals surface area contributed by atoms with Crippen molar-refractivity contribution in [3.63, 3.8) is 0 Å². The first kappa shape index (κ1) is 61.0. The Morgan fingerprint density at radius 3 is 2.47 bits per heavy atom. The summed E-state index contributed by atoms with van der Waals surface area (Å²) in [6.45, 7) is 11.9. The van der Waals surface area contributed by atoms with E-state index >= 15 is 0 Å². The summed E-state index contributed by atoms with van der Waals surface area (Å²) in [5, 5.41) is 35.4. The number of nitrogens with one attached hydrogen (secondary N) is 3. The standard InChI is InChI=1S/C65H75FN10O9S2/c1-39-55(86-38-68-39)42-17-18-43(33-67-58(79)50-32-44(77)35-75(50)59(80)56(63(3,4)5)72-61(83)65(66)25-26-65)51(31-42)85-30-29-84-28-12-24-64(22-9-6-10-23-64)37-76-40(2)47(34-69-76)45-19-20-53(71-54(45)60(81)82)74-27-21-41-13-11-14-46(48(41)36-74)57(78)73-62-70-49-15-7-8-16-52(49)87-62/h7-8,11,13-20,31,34,38,44,50,56,77H,6,9-10,12,21-30,32-33,35-37H2,1-5H3,(H,67,79)(H,72,83)(H,81,82)(H,70,73,78)/t44-,50+,56-/m1/s1. The molecule has 2 saturated carbocycles. The number of rotatable bonds is 22. The van der Waals surface area contributed by atoms with Gasteiger partial charge in [0.05, 0.1) is 45.2 Å². The van der Waals surface area contributed by atoms with Gasteiger partial charge in [-0.25, -0.2) is 24.1 Å². The number of aromatic nitrogens is 5. The lowest BCUT2D eigenvalue weighted by Gasteiger charge is -2.38. The number of aliphatic hydroxyl groups excluding tert-OH is 1. The highest BCUT2D eigenvalue weighted by Crippen LogP contribution is 2.44. The predicted molar refractivity (Wildman–Crippen MR) is 332 cm³/mol. The number of thiazole rings is 2. The van der Waals surface area contributed by atoms with Gasteiger partial charge in [-0.1, -0.05) is 87.8 Å². The number of aliphatic hydroxyl groups is 1. The van der Waals surface area contributed by atoms with Crippen LogP contribution in [0.4, 0.5) is 15.3 Å². The molecule has 4 amide bonds. The average Bonchev–Trinajstić information content (AvgIpc) is 2.30. The maximum absolute atomic E-state index is 14.8. The number of ether oxygens (including phenoxy) is 2. The lowest BCUT2D eigenvalue weighted by atomic mass is 9.71. The lowest BCUT2D eigenvalue weighted by molar-refractivity contribution is -0.145. The van der Waals surface area contributed by atoms with E-state index in [0.717, 1.165) is 81.7 Å². The molecule has 5 N–H and O–H groups in total. The number of para-hydroxylation sites is 1. The van der Waals surface area contributed by atoms with Gasteiger partial charge in [0.1, 0.15) is 30.3 Å². The molecule has 0 radical (unpaired) electrons. The minimum absolute atomic E-state index is 0.00507. The fraction of sp³-hybridized carbons (Fsp3) is 0.462. The summed E-state index contributed by atoms with van der Waals surface area (Å²) in [5.74, 6) is -2.20. The molecule has 0 bridgehead atoms. The number of aryl methyl sites for hydroxylation is 1. The van der Waals surface area contributed by atoms with E-state index in [0.29, 0.717) is 78.2 Å². The molecule has 19 nitrogen and oxygen atoms in total. The molecule has 6 heterocycles. The second-order valence-corrected chi connectivity index (χ2v) is 26.7. The van der Waals surface area contributed by atoms with E-state index in [-0.39, 0.29) is 56.0 Å². The number of hydrogen-bond donors (Lipinski definition) is 5. The summed E-state index contributed by atoms with van der Waals surface area (Å²) in [4.78, 5) is 85.7. The molecule has 1 saturated heterocycles. The van der Waals surface area contributed by atoms with Gasteiger partial charge in [0, 0.05) is 73.7 Å². The number of carboxylic acids is 1. The third-order valence-corrected chi connectivity index (χ3v) is 19.5. The van der Waals surface area contributed by atoms with Gasteiger partial charge in [-0.05, 0) is 123 Å². The summed E-state index contributed by atoms with van der Waals surface area (Å²) < 4.78 is 30.4. The van der Waals surface area contributed by atoms with Crippen molar-refractivity contribution < 1.29 is 48.0 Å². The van der Waals surface area contributed by atoms with E-state index in [1.54, 1.807) is 32.5 Å². The van der Waals surface area contributed by atoms with Crippen LogP contribution >= 0.6 is 22.7 Å². The number of benzene rings is 3. The monoisotopic (exact) mass is 1220 g/mol. The molecule has 2 aliphatic carbocycles. The molecular weight excluding hydrogens is 1150 g/mol. The quantitative estimate of drug-likeness (QED) is 0.0397. The fourth-order valence-electron chi connectivity index (χ4n) is 12.5. The molecule has 11 rings (SSSR count). The second-order valence-electron chi connectivity index (χ2n) is 24.8. The fourth-order valence-corrected chi connectivity index (χ4v) is 14.2. The zero-order chi connectivity index (χ0) is 61.2. The normalized spacial score (nSPS) is 18.2. The number of β-amino-alcohol motifs (C(OH)–C–C–N with tert-alkyl or cyclic N) is 1. The number of carboxylic acid groups (broad SMARTS) is 1. The van der Waals surface area contributed by atoms with E-state index < -0.39 is 53.0 Å². The number of hydrogen-bond acceptors (Lipinski definition) is 15. The van der Waals surface area contributed by atoms with Crippen LogP contribution in [-0.4, -0.2) is 126 Å². The van der Waals surface area contributed by atoms with E-state index in [1.165, 1.54) is 34.0 Å². The Morgan fingerprint density at radius 1 is 0.920 bits per heavy atom. The van der Waals surface area contributed by atoms with Crippen LogP contribution in [0, 0.1) is 24.7 Å². The van der Waals surface area contributed by atoms with Gasteiger partial charge in [0.15, 0.2) is 16.5 Å². The van der Waals surface area contributed by atoms with Gasteiger partial charge < -0.3 is 40.1 Å². The van der Waals surface area contributed by atoms with Crippen molar-refractivity contribution in [2.75, 3.05) is 43.1 Å². The number of likely N-dealkylation sites (tertiary alicyclic amines) is 1. The van der Waals surface area contributed by atoms with Gasteiger partial charge >= 0.3 is 5.97 Å². The number of halogens is 1. The minimum Gasteiger partial charge on any atom is -0.491 e. The van der Waals surface area contributed by atoms with Crippen molar-refractivity contribution in [2.45, 2.75) is 149 Å². The van der Waals surface area contributed by atoms with Crippen molar-refractivity contribution in [1.29, 1.82) is 0 Å². The molecule has 3 fully saturated rings. The number of alkyl halides is 1. The number of nitrogens with zero attached hydrogens (tertiary/aromatic N) is 7. The topological polar surface area (TPSA) is 243 Å². The van der Waals surface area contributed by atoms with Gasteiger partial charge in [-0.2, -0.15) is 5.10 Å². The predicted octanol–water partition coefficient (Wildman–Crippen LogP) is 10.2. The number of pyridine rings is 1. The van der Waals surface area contributed by atoms with E-state index in [4.69, 9.17) is 19.6 Å². The Kier molecular flexibility index (Phi) is 17.9. The summed E-state index contributed by atoms with van der Waals surface area (Å²) in [7, 11) is 0. The number of amides is 4. The first-order valence-corrected chi connectivity index (χ1v) is 31.8. The highest BCUT2D eigenvalue weighted by atomic mass is 32.1. The minimum atomic E-state index is -1.99. The van der Waals surface area contributed by atoms with Gasteiger partial charge in [0.25, 0.3) is 11.8 Å². The molecule has 87 heavy (non-hydrogen) atoms. The first-order chi connectivity index (χ1) is 41.8. The summed E-state index contributed by atoms with van der Waals surface area (Å²) in [6, 6.07) is 20.8. The molecule has 3 aromatic carbocycles. The SMILES string of the molecule is Cc1ncsc1-c1ccc(CNC(=O)[C@@H]2C[C@@H](O)CN2C(=O)[C@@H](NC(=O)C2(F)CC2)C(C)(C)C)c(OCCOCCCC2(Cn3ncc(-c4ccc(N5CCc6cccc(C(=O)Nc7nc8ccccc8s7)c6C5)nc4C(=O)O)c3C)CCCCC2)c1. The molecule has 7 aromatic rings. The first-order valence-electron chi connectivity index (χ1n) is 30.1. The summed E-state index contributed by atoms with van der Waals surface area (Å²) in [5.41, 5.74) is 6.73. The second kappa shape index (κ2) is 25.6. The van der Waals surface area contributed by atoms with Crippen molar-refractivity contribution >= 4 is 73.4 Å². The zero-order valence-electron chi connectivity index (χ0n) is 49.8. The number of fused-ring (bicyclic) bond motifs is 2. The molecule has 0 unspecified atom stereocenters. The highest BCUT2D eigenvalue weighted by Gasteiger charge is 2.53. The Bertz CT molecular complexity index is 3680. The molecular formula is C65H75FN10O9S2. The molecule has 2 aliphatic heterocycles. The van der Waals surface area contributed by atoms with Crippen molar-refractivity contribution in [3.8, 4) is 27.3 Å². The van der Waals surface area contributed by atoms with Gasteiger partial charge in [0.2, 0.25) is 11.8 Å². The van der Waals surface area contributed by atoms with E-state index in [9.17, 15) is 38.6 Å². The molecule has 4 aromatic heterocycles. The van der Waals surface area contributed by atoms with Crippen LogP contribution in [-0.2, 0) is 45.2 Å². The Balaban J connectivity index is 0.702. The largest absolute Gasteiger partial charge is 0.491 e. The summed E-state index contributed by atoms with van der Waals surface area (Å²) in [6.07, 6.45) is 8.81. The van der Waals surface area contributed by atoms with Crippen molar-refractivity contribution in [1.82, 2.24) is 40.3 Å². The van der Waals surface area contributed by atoms with Crippen molar-refractivity contribution in [3.05, 3.63) is 124 Å². The smallest absolute Gasteiger partial charge is 0.355 e. The maximum Gasteiger partial charge on any atom is 0.355 e. The van der Waals surface area contributed by atoms with Crippen LogP contribution in [0.1, 0.15) is 134 Å². The molecule has 4 aliphatic rings. The average molecular weight is 1220 g/mol. The number of aromatic carboxylic acids is 1. The Labute approximate surface area is 513 Å². The zero-order valence-corrected chi connectivity index (χ0v) is 51.5. The van der Waals surface area contributed by atoms with E-state index in [2.05, 4.69) is 25.9 Å². The third-order valence-electron chi connectivity index (χ3n) is 17.6. The van der Waals surface area contributed by atoms with Gasteiger partial charge in [-0.15, -0.1) is 11.3 Å². The number of carbonyl (C=O) groups is 5. The van der Waals surface area contributed by atoms with Crippen LogP contribution in [0.3, 0.4) is 0 Å². The highest BCUT2D eigenvalue weighted by molar-refractivity contribution is 7.22. The van der Waals surface area contributed by atoms with Crippen LogP contribution in [0.5, 0.6) is 5.75 Å². The Morgan fingerprint density at radius 2 is 1.72 bits per heavy atom. The van der Waals surface area contributed by atoms with Crippen LogP contribution in [0.25, 0.3) is 31.8 Å². The number of carbonyl (C=O) groups excluding carboxylic acids is 4. The lowest BCUT2D eigenvalue weighted by Crippen LogP contribution is -2.59. The van der Waals surface area contributed by atoms with Crippen LogP contribution < -0.4 is 25.6 Å². The maximum atomic E-state index is 14.8. The molecule has 0 spiro atoms. The number of anilines is 2.